The number of amidine groups is 1. The molecule has 0 aliphatic carbocycles. The van der Waals surface area contributed by atoms with Gasteiger partial charge in [0.25, 0.3) is 0 Å². The van der Waals surface area contributed by atoms with Gasteiger partial charge in [-0.15, -0.1) is 0 Å². The Hall–Kier alpha value is -3.32. The summed E-state index contributed by atoms with van der Waals surface area (Å²) in [5, 5.41) is 10.7. The van der Waals surface area contributed by atoms with Crippen molar-refractivity contribution in [3.63, 3.8) is 0 Å². The number of fused-ring (bicyclic) bond motifs is 1. The summed E-state index contributed by atoms with van der Waals surface area (Å²) in [6.07, 6.45) is 1.81. The van der Waals surface area contributed by atoms with E-state index in [1.165, 1.54) is 0 Å². The van der Waals surface area contributed by atoms with Crippen LogP contribution in [-0.4, -0.2) is 37.9 Å². The molecule has 2 aliphatic rings. The molecule has 162 valence electrons. The Balaban J connectivity index is 1.44. The number of benzene rings is 2. The molecule has 7 heteroatoms. The van der Waals surface area contributed by atoms with Gasteiger partial charge >= 0.3 is 5.97 Å². The first-order valence-corrected chi connectivity index (χ1v) is 11.4. The fourth-order valence-electron chi connectivity index (χ4n) is 4.21. The van der Waals surface area contributed by atoms with E-state index in [0.29, 0.717) is 11.9 Å². The molecule has 0 amide bonds. The molecular weight excluding hydrogens is 422 g/mol. The predicted octanol–water partition coefficient (Wildman–Crippen LogP) is 4.95. The first-order chi connectivity index (χ1) is 15.6. The maximum absolute atomic E-state index is 11.1. The zero-order chi connectivity index (χ0) is 22.1. The molecule has 0 unspecified atom stereocenters. The number of nitrogens with zero attached hydrogens (tertiary/aromatic N) is 3. The van der Waals surface area contributed by atoms with Crippen LogP contribution >= 0.6 is 11.8 Å². The highest BCUT2D eigenvalue weighted by Crippen LogP contribution is 2.49. The molecule has 1 fully saturated rings. The van der Waals surface area contributed by atoms with Gasteiger partial charge in [0.1, 0.15) is 18.4 Å². The van der Waals surface area contributed by atoms with Gasteiger partial charge in [0.05, 0.1) is 17.3 Å². The highest BCUT2D eigenvalue weighted by atomic mass is 32.2. The fourth-order valence-corrected chi connectivity index (χ4v) is 5.31. The number of ether oxygens (including phenoxy) is 1. The van der Waals surface area contributed by atoms with Gasteiger partial charge in [0.15, 0.2) is 5.17 Å². The van der Waals surface area contributed by atoms with E-state index in [9.17, 15) is 4.79 Å². The number of aromatic carboxylic acids is 1. The lowest BCUT2D eigenvalue weighted by Gasteiger charge is -2.28. The van der Waals surface area contributed by atoms with Crippen LogP contribution in [0, 0.1) is 0 Å². The number of para-hydroxylation sites is 1. The first kappa shape index (κ1) is 20.6. The Morgan fingerprint density at radius 3 is 2.66 bits per heavy atom. The Labute approximate surface area is 191 Å². The molecule has 0 saturated carbocycles. The maximum Gasteiger partial charge on any atom is 0.335 e. The standard InChI is InChI=1S/C25H23N3O3S/c1-16-14-28-23(22(27-25(28)32-16)20-7-4-5-13-26-20)19-6-2-3-8-21(19)31-15-17-9-11-18(12-10-17)24(29)30/h2-13,16,22-23H,14-15H2,1H3,(H,29,30)/t16-,22+,23+/m1/s1. The monoisotopic (exact) mass is 445 g/mol. The van der Waals surface area contributed by atoms with Crippen LogP contribution in [0.3, 0.4) is 0 Å². The summed E-state index contributed by atoms with van der Waals surface area (Å²) in [5.74, 6) is -0.125. The van der Waals surface area contributed by atoms with E-state index in [-0.39, 0.29) is 17.6 Å². The smallest absolute Gasteiger partial charge is 0.335 e. The molecule has 3 atom stereocenters. The van der Waals surface area contributed by atoms with Crippen molar-refractivity contribution in [3.8, 4) is 5.75 Å². The van der Waals surface area contributed by atoms with Crippen molar-refractivity contribution in [1.29, 1.82) is 0 Å². The Morgan fingerprint density at radius 2 is 1.91 bits per heavy atom. The molecule has 3 aromatic rings. The van der Waals surface area contributed by atoms with E-state index in [4.69, 9.17) is 14.8 Å². The molecule has 1 N–H and O–H groups in total. The van der Waals surface area contributed by atoms with E-state index >= 15 is 0 Å². The number of carbonyl (C=O) groups is 1. The van der Waals surface area contributed by atoms with Crippen molar-refractivity contribution in [3.05, 3.63) is 95.3 Å². The van der Waals surface area contributed by atoms with Gasteiger partial charge in [0, 0.05) is 23.6 Å². The third kappa shape index (κ3) is 3.96. The topological polar surface area (TPSA) is 75.0 Å². The number of thioether (sulfide) groups is 1. The lowest BCUT2D eigenvalue weighted by atomic mass is 9.95. The second-order valence-corrected chi connectivity index (χ2v) is 9.37. The molecule has 1 aromatic heterocycles. The average Bonchev–Trinajstić information content (AvgIpc) is 3.34. The molecule has 2 aromatic carbocycles. The zero-order valence-corrected chi connectivity index (χ0v) is 18.4. The second-order valence-electron chi connectivity index (χ2n) is 7.97. The van der Waals surface area contributed by atoms with Gasteiger partial charge in [-0.05, 0) is 35.9 Å². The van der Waals surface area contributed by atoms with Crippen LogP contribution in [0.25, 0.3) is 0 Å². The van der Waals surface area contributed by atoms with E-state index in [0.717, 1.165) is 34.3 Å². The third-order valence-electron chi connectivity index (χ3n) is 5.71. The molecule has 0 spiro atoms. The summed E-state index contributed by atoms with van der Waals surface area (Å²) in [4.78, 5) is 23.1. The van der Waals surface area contributed by atoms with E-state index < -0.39 is 5.97 Å². The van der Waals surface area contributed by atoms with Crippen molar-refractivity contribution >= 4 is 22.9 Å². The summed E-state index contributed by atoms with van der Waals surface area (Å²) < 4.78 is 6.24. The SMILES string of the molecule is C[C@@H]1CN2C(=N[C@@H](c3ccccn3)[C@@H]2c2ccccc2OCc2ccc(C(=O)O)cc2)S1. The van der Waals surface area contributed by atoms with Gasteiger partial charge < -0.3 is 14.7 Å². The summed E-state index contributed by atoms with van der Waals surface area (Å²) in [7, 11) is 0. The van der Waals surface area contributed by atoms with Crippen molar-refractivity contribution in [1.82, 2.24) is 9.88 Å². The number of pyridine rings is 1. The predicted molar refractivity (Wildman–Crippen MR) is 125 cm³/mol. The van der Waals surface area contributed by atoms with Crippen LogP contribution < -0.4 is 4.74 Å². The molecule has 1 saturated heterocycles. The number of aliphatic imine (C=N–C) groups is 1. The van der Waals surface area contributed by atoms with Crippen molar-refractivity contribution in [2.24, 2.45) is 4.99 Å². The quantitative estimate of drug-likeness (QED) is 0.579. The van der Waals surface area contributed by atoms with Crippen molar-refractivity contribution in [2.45, 2.75) is 30.9 Å². The number of hydrogen-bond donors (Lipinski definition) is 1. The third-order valence-corrected chi connectivity index (χ3v) is 6.82. The van der Waals surface area contributed by atoms with E-state index in [1.54, 1.807) is 24.3 Å². The molecular formula is C25H23N3O3S. The number of carboxylic acid groups (broad SMARTS) is 1. The average molecular weight is 446 g/mol. The maximum atomic E-state index is 11.1. The largest absolute Gasteiger partial charge is 0.489 e. The highest BCUT2D eigenvalue weighted by Gasteiger charge is 2.44. The number of carboxylic acids is 1. The minimum atomic E-state index is -0.932. The minimum absolute atomic E-state index is 0.0166. The van der Waals surface area contributed by atoms with Crippen LogP contribution in [0.5, 0.6) is 5.75 Å². The van der Waals surface area contributed by atoms with E-state index in [1.807, 2.05) is 54.4 Å². The number of aromatic nitrogens is 1. The van der Waals surface area contributed by atoms with Gasteiger partial charge in [-0.2, -0.15) is 0 Å². The zero-order valence-electron chi connectivity index (χ0n) is 17.6. The van der Waals surface area contributed by atoms with Gasteiger partial charge in [-0.1, -0.05) is 55.1 Å². The fraction of sp³-hybridized carbons (Fsp3) is 0.240. The van der Waals surface area contributed by atoms with Crippen LogP contribution in [-0.2, 0) is 6.61 Å². The Bertz CT molecular complexity index is 1150. The van der Waals surface area contributed by atoms with Crippen molar-refractivity contribution < 1.29 is 14.6 Å². The lowest BCUT2D eigenvalue weighted by molar-refractivity contribution is 0.0697. The Kier molecular flexibility index (Phi) is 5.57. The number of hydrogen-bond acceptors (Lipinski definition) is 6. The van der Waals surface area contributed by atoms with Gasteiger partial charge in [-0.25, -0.2) is 4.79 Å². The normalized spacial score (nSPS) is 21.8. The summed E-state index contributed by atoms with van der Waals surface area (Å²) in [5.41, 5.74) is 3.22. The highest BCUT2D eigenvalue weighted by molar-refractivity contribution is 8.14. The summed E-state index contributed by atoms with van der Waals surface area (Å²) in [6.45, 7) is 3.51. The second kappa shape index (κ2) is 8.67. The molecule has 32 heavy (non-hydrogen) atoms. The molecule has 2 aliphatic heterocycles. The molecule has 3 heterocycles. The molecule has 0 radical (unpaired) electrons. The molecule has 5 rings (SSSR count). The minimum Gasteiger partial charge on any atom is -0.489 e. The number of rotatable bonds is 6. The van der Waals surface area contributed by atoms with Gasteiger partial charge in [-0.3, -0.25) is 9.98 Å². The van der Waals surface area contributed by atoms with E-state index in [2.05, 4.69) is 22.9 Å². The lowest BCUT2D eigenvalue weighted by Crippen LogP contribution is -2.29. The Morgan fingerprint density at radius 1 is 1.12 bits per heavy atom. The van der Waals surface area contributed by atoms with Crippen LogP contribution in [0.4, 0.5) is 0 Å². The van der Waals surface area contributed by atoms with Crippen LogP contribution in [0.2, 0.25) is 0 Å². The van der Waals surface area contributed by atoms with Crippen LogP contribution in [0.1, 0.15) is 46.2 Å². The van der Waals surface area contributed by atoms with Crippen molar-refractivity contribution in [2.75, 3.05) is 6.54 Å². The first-order valence-electron chi connectivity index (χ1n) is 10.6. The summed E-state index contributed by atoms with van der Waals surface area (Å²) in [6, 6.07) is 20.8. The molecule has 6 nitrogen and oxygen atoms in total. The van der Waals surface area contributed by atoms with Crippen LogP contribution in [0.15, 0.2) is 77.9 Å². The van der Waals surface area contributed by atoms with Gasteiger partial charge in [0.2, 0.25) is 0 Å². The summed E-state index contributed by atoms with van der Waals surface area (Å²) >= 11 is 1.81. The molecule has 0 bridgehead atoms.